The van der Waals surface area contributed by atoms with Crippen LogP contribution in [0.4, 0.5) is 0 Å². The van der Waals surface area contributed by atoms with E-state index in [1.807, 2.05) is 49.4 Å². The highest BCUT2D eigenvalue weighted by molar-refractivity contribution is 7.99. The van der Waals surface area contributed by atoms with Gasteiger partial charge in [-0.1, -0.05) is 35.5 Å². The molecule has 0 heterocycles. The van der Waals surface area contributed by atoms with E-state index in [1.54, 1.807) is 18.9 Å². The largest absolute Gasteiger partial charge is 0.497 e. The van der Waals surface area contributed by atoms with E-state index in [-0.39, 0.29) is 6.04 Å². The summed E-state index contributed by atoms with van der Waals surface area (Å²) in [4.78, 5) is 2.11. The molecular formula is C15H16ClNOS. The Bertz CT molecular complexity index is 572. The summed E-state index contributed by atoms with van der Waals surface area (Å²) >= 11 is 7.90. The number of rotatable bonds is 4. The SMILES string of the molecule is COc1cccc(Sc2ccc([C@@H](C)N)cc2Cl)c1. The first-order chi connectivity index (χ1) is 9.10. The van der Waals surface area contributed by atoms with Gasteiger partial charge in [0.05, 0.1) is 12.1 Å². The van der Waals surface area contributed by atoms with Crippen LogP contribution in [0.15, 0.2) is 52.3 Å². The third kappa shape index (κ3) is 3.66. The normalized spacial score (nSPS) is 12.2. The Labute approximate surface area is 122 Å². The highest BCUT2D eigenvalue weighted by Gasteiger charge is 2.07. The fourth-order valence-electron chi connectivity index (χ4n) is 1.67. The van der Waals surface area contributed by atoms with Crippen molar-refractivity contribution >= 4 is 23.4 Å². The van der Waals surface area contributed by atoms with E-state index in [2.05, 4.69) is 0 Å². The van der Waals surface area contributed by atoms with Gasteiger partial charge in [0, 0.05) is 15.8 Å². The van der Waals surface area contributed by atoms with E-state index in [0.29, 0.717) is 0 Å². The number of benzene rings is 2. The predicted molar refractivity (Wildman–Crippen MR) is 81.2 cm³/mol. The Morgan fingerprint density at radius 1 is 1.21 bits per heavy atom. The van der Waals surface area contributed by atoms with Crippen LogP contribution >= 0.6 is 23.4 Å². The van der Waals surface area contributed by atoms with Crippen molar-refractivity contribution in [3.8, 4) is 5.75 Å². The molecule has 0 saturated carbocycles. The second kappa shape index (κ2) is 6.33. The minimum Gasteiger partial charge on any atom is -0.497 e. The Kier molecular flexibility index (Phi) is 4.75. The van der Waals surface area contributed by atoms with Crippen molar-refractivity contribution in [3.05, 3.63) is 53.1 Å². The van der Waals surface area contributed by atoms with Crippen LogP contribution < -0.4 is 10.5 Å². The molecule has 0 aliphatic carbocycles. The summed E-state index contributed by atoms with van der Waals surface area (Å²) < 4.78 is 5.21. The Morgan fingerprint density at radius 3 is 2.63 bits per heavy atom. The van der Waals surface area contributed by atoms with Gasteiger partial charge in [0.1, 0.15) is 5.75 Å². The van der Waals surface area contributed by atoms with Crippen LogP contribution in [0.3, 0.4) is 0 Å². The van der Waals surface area contributed by atoms with Crippen molar-refractivity contribution < 1.29 is 4.74 Å². The number of nitrogens with two attached hydrogens (primary N) is 1. The molecule has 0 aliphatic rings. The van der Waals surface area contributed by atoms with Crippen molar-refractivity contribution in [1.82, 2.24) is 0 Å². The maximum atomic E-state index is 6.29. The highest BCUT2D eigenvalue weighted by atomic mass is 35.5. The van der Waals surface area contributed by atoms with Gasteiger partial charge in [-0.2, -0.15) is 0 Å². The topological polar surface area (TPSA) is 35.2 Å². The fourth-order valence-corrected chi connectivity index (χ4v) is 2.85. The number of halogens is 1. The van der Waals surface area contributed by atoms with Gasteiger partial charge in [-0.05, 0) is 42.8 Å². The summed E-state index contributed by atoms with van der Waals surface area (Å²) in [5, 5.41) is 0.725. The lowest BCUT2D eigenvalue weighted by Gasteiger charge is -2.10. The van der Waals surface area contributed by atoms with Gasteiger partial charge in [0.25, 0.3) is 0 Å². The zero-order valence-corrected chi connectivity index (χ0v) is 12.5. The van der Waals surface area contributed by atoms with Crippen LogP contribution in [0.1, 0.15) is 18.5 Å². The molecule has 0 amide bonds. The molecule has 0 aromatic heterocycles. The van der Waals surface area contributed by atoms with Crippen LogP contribution in [-0.2, 0) is 0 Å². The molecule has 0 aliphatic heterocycles. The van der Waals surface area contributed by atoms with E-state index in [9.17, 15) is 0 Å². The third-order valence-electron chi connectivity index (χ3n) is 2.75. The number of methoxy groups -OCH3 is 1. The molecule has 0 unspecified atom stereocenters. The zero-order chi connectivity index (χ0) is 13.8. The first kappa shape index (κ1) is 14.3. The molecule has 0 bridgehead atoms. The summed E-state index contributed by atoms with van der Waals surface area (Å²) in [6.07, 6.45) is 0. The van der Waals surface area contributed by atoms with Crippen LogP contribution in [0, 0.1) is 0 Å². The van der Waals surface area contributed by atoms with Crippen molar-refractivity contribution in [2.45, 2.75) is 22.8 Å². The Balaban J connectivity index is 2.23. The molecule has 2 aromatic rings. The molecular weight excluding hydrogens is 278 g/mol. The summed E-state index contributed by atoms with van der Waals surface area (Å²) in [6.45, 7) is 1.94. The Morgan fingerprint density at radius 2 is 2.00 bits per heavy atom. The summed E-state index contributed by atoms with van der Waals surface area (Å²) in [5.41, 5.74) is 6.88. The van der Waals surface area contributed by atoms with Crippen LogP contribution in [0.2, 0.25) is 5.02 Å². The second-order valence-electron chi connectivity index (χ2n) is 4.26. The minimum atomic E-state index is -0.00614. The van der Waals surface area contributed by atoms with Crippen molar-refractivity contribution in [3.63, 3.8) is 0 Å². The molecule has 2 rings (SSSR count). The minimum absolute atomic E-state index is 0.00614. The average Bonchev–Trinajstić information content (AvgIpc) is 2.41. The van der Waals surface area contributed by atoms with Crippen LogP contribution in [0.5, 0.6) is 5.75 Å². The average molecular weight is 294 g/mol. The van der Waals surface area contributed by atoms with Gasteiger partial charge in [-0.15, -0.1) is 0 Å². The van der Waals surface area contributed by atoms with Gasteiger partial charge in [0.2, 0.25) is 0 Å². The summed E-state index contributed by atoms with van der Waals surface area (Å²) in [6, 6.07) is 13.8. The number of hydrogen-bond donors (Lipinski definition) is 1. The van der Waals surface area contributed by atoms with Gasteiger partial charge in [0.15, 0.2) is 0 Å². The molecule has 0 radical (unpaired) electrons. The van der Waals surface area contributed by atoms with E-state index < -0.39 is 0 Å². The first-order valence-corrected chi connectivity index (χ1v) is 7.16. The monoisotopic (exact) mass is 293 g/mol. The molecule has 100 valence electrons. The standard InChI is InChI=1S/C15H16ClNOS/c1-10(17)11-6-7-15(14(16)8-11)19-13-5-3-4-12(9-13)18-2/h3-10H,17H2,1-2H3/t10-/m1/s1. The zero-order valence-electron chi connectivity index (χ0n) is 10.9. The molecule has 2 aromatic carbocycles. The van der Waals surface area contributed by atoms with Crippen LogP contribution in [-0.4, -0.2) is 7.11 Å². The van der Waals surface area contributed by atoms with E-state index >= 15 is 0 Å². The molecule has 0 spiro atoms. The first-order valence-electron chi connectivity index (χ1n) is 5.97. The van der Waals surface area contributed by atoms with Crippen molar-refractivity contribution in [2.24, 2.45) is 5.73 Å². The number of hydrogen-bond acceptors (Lipinski definition) is 3. The van der Waals surface area contributed by atoms with E-state index in [0.717, 1.165) is 26.1 Å². The lowest BCUT2D eigenvalue weighted by molar-refractivity contribution is 0.413. The molecule has 1 atom stereocenters. The highest BCUT2D eigenvalue weighted by Crippen LogP contribution is 2.35. The second-order valence-corrected chi connectivity index (χ2v) is 5.78. The molecule has 2 N–H and O–H groups in total. The quantitative estimate of drug-likeness (QED) is 0.900. The number of ether oxygens (including phenoxy) is 1. The van der Waals surface area contributed by atoms with Crippen LogP contribution in [0.25, 0.3) is 0 Å². The maximum absolute atomic E-state index is 6.29. The fraction of sp³-hybridized carbons (Fsp3) is 0.200. The van der Waals surface area contributed by atoms with Gasteiger partial charge >= 0.3 is 0 Å². The molecule has 19 heavy (non-hydrogen) atoms. The molecule has 4 heteroatoms. The maximum Gasteiger partial charge on any atom is 0.119 e. The molecule has 2 nitrogen and oxygen atoms in total. The molecule has 0 saturated heterocycles. The van der Waals surface area contributed by atoms with Crippen molar-refractivity contribution in [2.75, 3.05) is 7.11 Å². The van der Waals surface area contributed by atoms with E-state index in [1.165, 1.54) is 0 Å². The summed E-state index contributed by atoms with van der Waals surface area (Å²) in [5.74, 6) is 0.841. The molecule has 0 fully saturated rings. The lowest BCUT2D eigenvalue weighted by atomic mass is 10.1. The Hall–Kier alpha value is -1.16. The van der Waals surface area contributed by atoms with Gasteiger partial charge in [-0.3, -0.25) is 0 Å². The van der Waals surface area contributed by atoms with Gasteiger partial charge < -0.3 is 10.5 Å². The van der Waals surface area contributed by atoms with E-state index in [4.69, 9.17) is 22.1 Å². The van der Waals surface area contributed by atoms with Crippen molar-refractivity contribution in [1.29, 1.82) is 0 Å². The lowest BCUT2D eigenvalue weighted by Crippen LogP contribution is -2.04. The third-order valence-corrected chi connectivity index (χ3v) is 4.24. The predicted octanol–water partition coefficient (Wildman–Crippen LogP) is 4.52. The van der Waals surface area contributed by atoms with Gasteiger partial charge in [-0.25, -0.2) is 0 Å². The smallest absolute Gasteiger partial charge is 0.119 e. The summed E-state index contributed by atoms with van der Waals surface area (Å²) in [7, 11) is 1.66.